The number of alkyl halides is 3. The molecule has 35 heavy (non-hydrogen) atoms. The van der Waals surface area contributed by atoms with Crippen molar-refractivity contribution in [1.29, 1.82) is 5.26 Å². The van der Waals surface area contributed by atoms with Gasteiger partial charge in [-0.2, -0.15) is 23.5 Å². The number of carbonyl (C=O) groups excluding carboxylic acids is 1. The average molecular weight is 498 g/mol. The third kappa shape index (κ3) is 4.21. The normalized spacial score (nSPS) is 13.3. The second-order valence-electron chi connectivity index (χ2n) is 8.04. The SMILES string of the molecule is COc1cccc(-c2cc(C(F)(F)F)n3nc(C(=O)Nc4sc5c(c4C#N)CCCC5)cc3n2)c1. The van der Waals surface area contributed by atoms with Gasteiger partial charge >= 0.3 is 6.18 Å². The van der Waals surface area contributed by atoms with E-state index in [1.54, 1.807) is 24.3 Å². The molecular formula is C24H18F3N5O2S. The van der Waals surface area contributed by atoms with Gasteiger partial charge in [0.05, 0.1) is 18.4 Å². The number of aryl methyl sites for hydroxylation is 1. The third-order valence-corrected chi connectivity index (χ3v) is 7.03. The van der Waals surface area contributed by atoms with E-state index in [1.807, 2.05) is 0 Å². The molecular weight excluding hydrogens is 479 g/mol. The van der Waals surface area contributed by atoms with E-state index < -0.39 is 17.8 Å². The molecule has 1 amide bonds. The number of carbonyl (C=O) groups is 1. The predicted octanol–water partition coefficient (Wildman–Crippen LogP) is 5.49. The van der Waals surface area contributed by atoms with E-state index in [-0.39, 0.29) is 17.0 Å². The molecule has 0 saturated carbocycles. The maximum Gasteiger partial charge on any atom is 0.433 e. The minimum atomic E-state index is -4.74. The van der Waals surface area contributed by atoms with Crippen molar-refractivity contribution in [3.63, 3.8) is 0 Å². The highest BCUT2D eigenvalue weighted by atomic mass is 32.1. The van der Waals surface area contributed by atoms with Gasteiger partial charge in [-0.25, -0.2) is 9.50 Å². The molecule has 0 bridgehead atoms. The number of methoxy groups -OCH3 is 1. The minimum absolute atomic E-state index is 0.0632. The molecule has 1 aliphatic carbocycles. The number of hydrogen-bond acceptors (Lipinski definition) is 6. The Morgan fingerprint density at radius 3 is 2.77 bits per heavy atom. The lowest BCUT2D eigenvalue weighted by Crippen LogP contribution is -2.15. The van der Waals surface area contributed by atoms with Gasteiger partial charge in [-0.1, -0.05) is 12.1 Å². The Morgan fingerprint density at radius 2 is 2.03 bits per heavy atom. The van der Waals surface area contributed by atoms with Crippen LogP contribution in [0.3, 0.4) is 0 Å². The highest BCUT2D eigenvalue weighted by Gasteiger charge is 2.36. The van der Waals surface area contributed by atoms with Crippen LogP contribution in [-0.4, -0.2) is 27.6 Å². The van der Waals surface area contributed by atoms with Crippen LogP contribution in [0.2, 0.25) is 0 Å². The van der Waals surface area contributed by atoms with E-state index in [1.165, 1.54) is 24.5 Å². The molecule has 5 rings (SSSR count). The predicted molar refractivity (Wildman–Crippen MR) is 124 cm³/mol. The van der Waals surface area contributed by atoms with Crippen molar-refractivity contribution < 1.29 is 22.7 Å². The number of thiophene rings is 1. The topological polar surface area (TPSA) is 92.3 Å². The minimum Gasteiger partial charge on any atom is -0.497 e. The van der Waals surface area contributed by atoms with Gasteiger partial charge in [-0.3, -0.25) is 4.79 Å². The summed E-state index contributed by atoms with van der Waals surface area (Å²) < 4.78 is 47.5. The first-order chi connectivity index (χ1) is 16.8. The van der Waals surface area contributed by atoms with Crippen molar-refractivity contribution >= 4 is 27.9 Å². The standard InChI is InChI=1S/C24H18F3N5O2S/c1-34-14-6-4-5-13(9-14)17-10-20(24(25,26)27)32-21(29-17)11-18(31-32)22(33)30-23-16(12-28)15-7-2-3-8-19(15)35-23/h4-6,9-11H,2-3,7-8H2,1H3,(H,30,33). The molecule has 0 saturated heterocycles. The lowest BCUT2D eigenvalue weighted by molar-refractivity contribution is -0.142. The van der Waals surface area contributed by atoms with Crippen LogP contribution in [-0.2, 0) is 19.0 Å². The smallest absolute Gasteiger partial charge is 0.433 e. The quantitative estimate of drug-likeness (QED) is 0.403. The summed E-state index contributed by atoms with van der Waals surface area (Å²) in [6, 6.07) is 10.8. The number of ether oxygens (including phenoxy) is 1. The molecule has 1 aromatic carbocycles. The van der Waals surface area contributed by atoms with Gasteiger partial charge in [0, 0.05) is 16.5 Å². The first kappa shape index (κ1) is 22.9. The number of fused-ring (bicyclic) bond motifs is 2. The van der Waals surface area contributed by atoms with Gasteiger partial charge in [-0.05, 0) is 49.4 Å². The number of amides is 1. The Kier molecular flexibility index (Phi) is 5.68. The van der Waals surface area contributed by atoms with Crippen molar-refractivity contribution in [2.45, 2.75) is 31.9 Å². The van der Waals surface area contributed by atoms with Gasteiger partial charge < -0.3 is 10.1 Å². The van der Waals surface area contributed by atoms with Crippen LogP contribution in [0.4, 0.5) is 18.2 Å². The summed E-state index contributed by atoms with van der Waals surface area (Å²) in [5, 5.41) is 16.6. The van der Waals surface area contributed by atoms with Crippen LogP contribution in [0.15, 0.2) is 36.4 Å². The maximum atomic E-state index is 13.9. The Labute approximate surface area is 201 Å². The van der Waals surface area contributed by atoms with Crippen molar-refractivity contribution in [2.24, 2.45) is 0 Å². The number of rotatable bonds is 4. The third-order valence-electron chi connectivity index (χ3n) is 5.83. The fraction of sp³-hybridized carbons (Fsp3) is 0.250. The molecule has 0 unspecified atom stereocenters. The Morgan fingerprint density at radius 1 is 1.23 bits per heavy atom. The fourth-order valence-electron chi connectivity index (χ4n) is 4.16. The molecule has 0 fully saturated rings. The first-order valence-electron chi connectivity index (χ1n) is 10.8. The van der Waals surface area contributed by atoms with Crippen molar-refractivity contribution in [2.75, 3.05) is 12.4 Å². The van der Waals surface area contributed by atoms with Crippen molar-refractivity contribution in [1.82, 2.24) is 14.6 Å². The molecule has 178 valence electrons. The Bertz CT molecular complexity index is 1500. The fourth-order valence-corrected chi connectivity index (χ4v) is 5.39. The molecule has 0 atom stereocenters. The number of benzene rings is 1. The van der Waals surface area contributed by atoms with Crippen LogP contribution < -0.4 is 10.1 Å². The average Bonchev–Trinajstić information content (AvgIpc) is 3.43. The maximum absolute atomic E-state index is 13.9. The van der Waals surface area contributed by atoms with E-state index in [0.717, 1.165) is 42.2 Å². The summed E-state index contributed by atoms with van der Waals surface area (Å²) in [5.41, 5.74) is 0.411. The van der Waals surface area contributed by atoms with Gasteiger partial charge in [0.25, 0.3) is 5.91 Å². The summed E-state index contributed by atoms with van der Waals surface area (Å²) >= 11 is 1.33. The van der Waals surface area contributed by atoms with Crippen LogP contribution >= 0.6 is 11.3 Å². The number of nitrogens with one attached hydrogen (secondary N) is 1. The number of nitriles is 1. The number of aromatic nitrogens is 3. The lowest BCUT2D eigenvalue weighted by atomic mass is 9.96. The molecule has 3 aromatic heterocycles. The Balaban J connectivity index is 1.55. The molecule has 1 N–H and O–H groups in total. The number of nitrogens with zero attached hydrogens (tertiary/aromatic N) is 4. The number of anilines is 1. The van der Waals surface area contributed by atoms with Gasteiger partial charge in [-0.15, -0.1) is 11.3 Å². The summed E-state index contributed by atoms with van der Waals surface area (Å²) in [6.45, 7) is 0. The van der Waals surface area contributed by atoms with E-state index >= 15 is 0 Å². The molecule has 4 aromatic rings. The highest BCUT2D eigenvalue weighted by Crippen LogP contribution is 2.38. The molecule has 7 nitrogen and oxygen atoms in total. The molecule has 11 heteroatoms. The van der Waals surface area contributed by atoms with Gasteiger partial charge in [0.15, 0.2) is 17.0 Å². The summed E-state index contributed by atoms with van der Waals surface area (Å²) in [5.74, 6) is -0.236. The second kappa shape index (κ2) is 8.70. The molecule has 0 spiro atoms. The number of halogens is 3. The molecule has 1 aliphatic rings. The zero-order chi connectivity index (χ0) is 24.7. The summed E-state index contributed by atoms with van der Waals surface area (Å²) in [6.07, 6.45) is -1.15. The monoisotopic (exact) mass is 497 g/mol. The van der Waals surface area contributed by atoms with E-state index in [9.17, 15) is 23.2 Å². The van der Waals surface area contributed by atoms with Crippen LogP contribution in [0, 0.1) is 11.3 Å². The van der Waals surface area contributed by atoms with Crippen LogP contribution in [0.25, 0.3) is 16.9 Å². The van der Waals surface area contributed by atoms with Gasteiger partial charge in [0.2, 0.25) is 0 Å². The molecule has 0 aliphatic heterocycles. The van der Waals surface area contributed by atoms with Gasteiger partial charge in [0.1, 0.15) is 16.8 Å². The molecule has 3 heterocycles. The van der Waals surface area contributed by atoms with Crippen LogP contribution in [0.1, 0.15) is 45.0 Å². The number of hydrogen-bond donors (Lipinski definition) is 1. The first-order valence-corrected chi connectivity index (χ1v) is 11.6. The lowest BCUT2D eigenvalue weighted by Gasteiger charge is -2.11. The van der Waals surface area contributed by atoms with Crippen molar-refractivity contribution in [3.8, 4) is 23.1 Å². The zero-order valence-corrected chi connectivity index (χ0v) is 19.3. The summed E-state index contributed by atoms with van der Waals surface area (Å²) in [7, 11) is 1.46. The largest absolute Gasteiger partial charge is 0.497 e. The summed E-state index contributed by atoms with van der Waals surface area (Å²) in [4.78, 5) is 18.3. The van der Waals surface area contributed by atoms with E-state index in [4.69, 9.17) is 4.74 Å². The highest BCUT2D eigenvalue weighted by molar-refractivity contribution is 7.16. The van der Waals surface area contributed by atoms with Crippen LogP contribution in [0.5, 0.6) is 5.75 Å². The second-order valence-corrected chi connectivity index (χ2v) is 9.14. The van der Waals surface area contributed by atoms with E-state index in [2.05, 4.69) is 21.5 Å². The van der Waals surface area contributed by atoms with Crippen molar-refractivity contribution in [3.05, 3.63) is 63.8 Å². The Hall–Kier alpha value is -3.91. The van der Waals surface area contributed by atoms with E-state index in [0.29, 0.717) is 26.4 Å². The molecule has 0 radical (unpaired) electrons. The zero-order valence-electron chi connectivity index (χ0n) is 18.4.